The van der Waals surface area contributed by atoms with Crippen molar-refractivity contribution in [2.45, 2.75) is 0 Å². The molecule has 66 valence electrons. The van der Waals surface area contributed by atoms with E-state index in [0.717, 1.165) is 15.6 Å². The smallest absolute Gasteiger partial charge is 0.124 e. The molecule has 1 N–H and O–H groups in total. The molecule has 1 aromatic carbocycles. The lowest BCUT2D eigenvalue weighted by molar-refractivity contribution is 0.627. The van der Waals surface area contributed by atoms with Gasteiger partial charge in [0.1, 0.15) is 5.82 Å². The maximum absolute atomic E-state index is 13.0. The first-order valence-electron chi connectivity index (χ1n) is 3.71. The zero-order valence-corrected chi connectivity index (χ0v) is 8.18. The number of aromatic amines is 1. The Kier molecular flexibility index (Phi) is 2.14. The van der Waals surface area contributed by atoms with Gasteiger partial charge in [0.05, 0.1) is 6.20 Å². The molecule has 0 amide bonds. The van der Waals surface area contributed by atoms with Crippen molar-refractivity contribution in [3.63, 3.8) is 0 Å². The summed E-state index contributed by atoms with van der Waals surface area (Å²) in [7, 11) is 0. The van der Waals surface area contributed by atoms with E-state index < -0.39 is 0 Å². The fourth-order valence-electron chi connectivity index (χ4n) is 1.13. The Labute approximate surface area is 82.9 Å². The molecule has 2 nitrogen and oxygen atoms in total. The molecule has 0 spiro atoms. The predicted octanol–water partition coefficient (Wildman–Crippen LogP) is 2.98. The van der Waals surface area contributed by atoms with Gasteiger partial charge in [-0.25, -0.2) is 4.39 Å². The molecule has 13 heavy (non-hydrogen) atoms. The third kappa shape index (κ3) is 1.78. The average molecular weight is 241 g/mol. The Morgan fingerprint density at radius 2 is 2.08 bits per heavy atom. The second-order valence-corrected chi connectivity index (χ2v) is 3.56. The first kappa shape index (κ1) is 8.44. The number of nitrogens with one attached hydrogen (secondary N) is 1. The van der Waals surface area contributed by atoms with Gasteiger partial charge in [-0.3, -0.25) is 5.10 Å². The van der Waals surface area contributed by atoms with Crippen LogP contribution < -0.4 is 0 Å². The molecule has 0 fully saturated rings. The van der Waals surface area contributed by atoms with Gasteiger partial charge in [0, 0.05) is 16.2 Å². The van der Waals surface area contributed by atoms with Crippen LogP contribution in [-0.4, -0.2) is 10.2 Å². The van der Waals surface area contributed by atoms with E-state index in [1.165, 1.54) is 12.1 Å². The molecule has 0 aliphatic rings. The van der Waals surface area contributed by atoms with Crippen LogP contribution in [0.4, 0.5) is 4.39 Å². The van der Waals surface area contributed by atoms with Crippen molar-refractivity contribution in [2.75, 3.05) is 0 Å². The fourth-order valence-corrected chi connectivity index (χ4v) is 1.59. The molecule has 0 aliphatic carbocycles. The van der Waals surface area contributed by atoms with Crippen LogP contribution in [0.15, 0.2) is 35.1 Å². The van der Waals surface area contributed by atoms with E-state index in [1.54, 1.807) is 12.4 Å². The normalized spacial score (nSPS) is 10.3. The van der Waals surface area contributed by atoms with Crippen molar-refractivity contribution in [2.24, 2.45) is 0 Å². The SMILES string of the molecule is Fc1cc(Br)cc(-c2cn[nH]c2)c1. The summed E-state index contributed by atoms with van der Waals surface area (Å²) >= 11 is 3.23. The minimum Gasteiger partial charge on any atom is -0.285 e. The first-order valence-corrected chi connectivity index (χ1v) is 4.50. The van der Waals surface area contributed by atoms with Gasteiger partial charge in [0.15, 0.2) is 0 Å². The molecule has 2 rings (SSSR count). The van der Waals surface area contributed by atoms with Crippen LogP contribution >= 0.6 is 15.9 Å². The monoisotopic (exact) mass is 240 g/mol. The number of H-pyrrole nitrogens is 1. The molecular formula is C9H6BrFN2. The molecular weight excluding hydrogens is 235 g/mol. The van der Waals surface area contributed by atoms with Crippen LogP contribution in [0.2, 0.25) is 0 Å². The molecule has 1 heterocycles. The minimum atomic E-state index is -0.259. The highest BCUT2D eigenvalue weighted by molar-refractivity contribution is 9.10. The van der Waals surface area contributed by atoms with Gasteiger partial charge in [-0.1, -0.05) is 15.9 Å². The van der Waals surface area contributed by atoms with Gasteiger partial charge < -0.3 is 0 Å². The third-order valence-electron chi connectivity index (χ3n) is 1.69. The largest absolute Gasteiger partial charge is 0.285 e. The highest BCUT2D eigenvalue weighted by Crippen LogP contribution is 2.23. The second kappa shape index (κ2) is 3.30. The van der Waals surface area contributed by atoms with Crippen molar-refractivity contribution in [1.82, 2.24) is 10.2 Å². The van der Waals surface area contributed by atoms with Crippen LogP contribution in [0.3, 0.4) is 0 Å². The van der Waals surface area contributed by atoms with Gasteiger partial charge in [-0.05, 0) is 23.8 Å². The lowest BCUT2D eigenvalue weighted by atomic mass is 10.1. The zero-order chi connectivity index (χ0) is 9.26. The van der Waals surface area contributed by atoms with Crippen LogP contribution in [0.5, 0.6) is 0 Å². The molecule has 0 radical (unpaired) electrons. The molecule has 0 saturated heterocycles. The van der Waals surface area contributed by atoms with E-state index >= 15 is 0 Å². The number of rotatable bonds is 1. The van der Waals surface area contributed by atoms with Crippen molar-refractivity contribution < 1.29 is 4.39 Å². The highest BCUT2D eigenvalue weighted by Gasteiger charge is 2.01. The Morgan fingerprint density at radius 3 is 2.69 bits per heavy atom. The number of nitrogens with zero attached hydrogens (tertiary/aromatic N) is 1. The Hall–Kier alpha value is -1.16. The zero-order valence-electron chi connectivity index (χ0n) is 6.59. The second-order valence-electron chi connectivity index (χ2n) is 2.65. The number of hydrogen-bond donors (Lipinski definition) is 1. The summed E-state index contributed by atoms with van der Waals surface area (Å²) in [5, 5.41) is 6.47. The molecule has 0 bridgehead atoms. The maximum atomic E-state index is 13.0. The molecule has 0 unspecified atom stereocenters. The van der Waals surface area contributed by atoms with E-state index in [4.69, 9.17) is 0 Å². The molecule has 0 saturated carbocycles. The van der Waals surface area contributed by atoms with Crippen molar-refractivity contribution in [3.8, 4) is 11.1 Å². The summed E-state index contributed by atoms with van der Waals surface area (Å²) in [6.45, 7) is 0. The summed E-state index contributed by atoms with van der Waals surface area (Å²) in [5.41, 5.74) is 1.68. The van der Waals surface area contributed by atoms with Gasteiger partial charge in [0.25, 0.3) is 0 Å². The summed E-state index contributed by atoms with van der Waals surface area (Å²) in [5.74, 6) is -0.259. The quantitative estimate of drug-likeness (QED) is 0.816. The minimum absolute atomic E-state index is 0.259. The maximum Gasteiger partial charge on any atom is 0.124 e. The lowest BCUT2D eigenvalue weighted by Gasteiger charge is -1.98. The summed E-state index contributed by atoms with van der Waals surface area (Å²) in [6.07, 6.45) is 3.38. The molecule has 4 heteroatoms. The summed E-state index contributed by atoms with van der Waals surface area (Å²) in [6, 6.07) is 4.73. The Bertz CT molecular complexity index is 391. The molecule has 0 atom stereocenters. The lowest BCUT2D eigenvalue weighted by Crippen LogP contribution is -1.78. The van der Waals surface area contributed by atoms with E-state index in [9.17, 15) is 4.39 Å². The summed E-state index contributed by atoms with van der Waals surface area (Å²) in [4.78, 5) is 0. The van der Waals surface area contributed by atoms with E-state index in [0.29, 0.717) is 0 Å². The number of aromatic nitrogens is 2. The van der Waals surface area contributed by atoms with E-state index in [-0.39, 0.29) is 5.82 Å². The third-order valence-corrected chi connectivity index (χ3v) is 2.15. The number of hydrogen-bond acceptors (Lipinski definition) is 1. The summed E-state index contributed by atoms with van der Waals surface area (Å²) < 4.78 is 13.7. The van der Waals surface area contributed by atoms with Gasteiger partial charge >= 0.3 is 0 Å². The van der Waals surface area contributed by atoms with Crippen LogP contribution in [-0.2, 0) is 0 Å². The number of benzene rings is 1. The van der Waals surface area contributed by atoms with E-state index in [2.05, 4.69) is 26.1 Å². The highest BCUT2D eigenvalue weighted by atomic mass is 79.9. The van der Waals surface area contributed by atoms with Crippen molar-refractivity contribution in [3.05, 3.63) is 40.9 Å². The standard InChI is InChI=1S/C9H6BrFN2/c10-8-1-6(2-9(11)3-8)7-4-12-13-5-7/h1-5H,(H,12,13). The van der Waals surface area contributed by atoms with Crippen LogP contribution in [0.1, 0.15) is 0 Å². The van der Waals surface area contributed by atoms with Crippen molar-refractivity contribution >= 4 is 15.9 Å². The molecule has 2 aromatic rings. The van der Waals surface area contributed by atoms with Crippen LogP contribution in [0, 0.1) is 5.82 Å². The molecule has 0 aliphatic heterocycles. The Balaban J connectivity index is 2.53. The fraction of sp³-hybridized carbons (Fsp3) is 0. The van der Waals surface area contributed by atoms with E-state index in [1.807, 2.05) is 6.07 Å². The first-order chi connectivity index (χ1) is 6.25. The van der Waals surface area contributed by atoms with Gasteiger partial charge in [-0.15, -0.1) is 0 Å². The predicted molar refractivity (Wildman–Crippen MR) is 51.7 cm³/mol. The van der Waals surface area contributed by atoms with Gasteiger partial charge in [0.2, 0.25) is 0 Å². The number of halogens is 2. The van der Waals surface area contributed by atoms with Crippen molar-refractivity contribution in [1.29, 1.82) is 0 Å². The topological polar surface area (TPSA) is 28.7 Å². The van der Waals surface area contributed by atoms with Crippen LogP contribution in [0.25, 0.3) is 11.1 Å². The Morgan fingerprint density at radius 1 is 1.23 bits per heavy atom. The average Bonchev–Trinajstić information content (AvgIpc) is 2.53. The molecule has 1 aromatic heterocycles. The van der Waals surface area contributed by atoms with Gasteiger partial charge in [-0.2, -0.15) is 5.10 Å².